The van der Waals surface area contributed by atoms with Crippen LogP contribution in [0.5, 0.6) is 0 Å². The lowest BCUT2D eigenvalue weighted by Gasteiger charge is -2.21. The van der Waals surface area contributed by atoms with Crippen LogP contribution in [0, 0.1) is 5.92 Å². The van der Waals surface area contributed by atoms with E-state index in [0.717, 1.165) is 13.2 Å². The normalized spacial score (nSPS) is 30.6. The maximum Gasteiger partial charge on any atom is 0.0615 e. The Hall–Kier alpha value is -0.510. The van der Waals surface area contributed by atoms with Gasteiger partial charge in [0.2, 0.25) is 0 Å². The minimum absolute atomic E-state index is 0.410. The van der Waals surface area contributed by atoms with E-state index in [0.29, 0.717) is 17.9 Å². The van der Waals surface area contributed by atoms with Crippen LogP contribution in [0.3, 0.4) is 0 Å². The largest absolute Gasteiger partial charge is 0.377 e. The third-order valence-electron chi connectivity index (χ3n) is 4.20. The summed E-state index contributed by atoms with van der Waals surface area (Å²) >= 11 is 1.96. The number of nitrogens with two attached hydrogens (primary N) is 1. The molecule has 3 unspecified atom stereocenters. The second-order valence-electron chi connectivity index (χ2n) is 5.34. The first-order valence-electron chi connectivity index (χ1n) is 6.92. The quantitative estimate of drug-likeness (QED) is 0.907. The monoisotopic (exact) mass is 263 g/mol. The topological polar surface area (TPSA) is 35.2 Å². The maximum absolute atomic E-state index is 6.15. The van der Waals surface area contributed by atoms with Gasteiger partial charge in [-0.1, -0.05) is 24.6 Å². The zero-order valence-corrected chi connectivity index (χ0v) is 11.5. The highest BCUT2D eigenvalue weighted by molar-refractivity contribution is 7.99. The zero-order valence-electron chi connectivity index (χ0n) is 10.7. The van der Waals surface area contributed by atoms with Crippen molar-refractivity contribution in [2.45, 2.75) is 36.2 Å². The Balaban J connectivity index is 1.58. The molecule has 1 aromatic rings. The fraction of sp³-hybridized carbons (Fsp3) is 0.600. The van der Waals surface area contributed by atoms with Gasteiger partial charge >= 0.3 is 0 Å². The van der Waals surface area contributed by atoms with E-state index in [1.807, 2.05) is 11.8 Å². The molecule has 0 spiro atoms. The smallest absolute Gasteiger partial charge is 0.0615 e. The van der Waals surface area contributed by atoms with E-state index in [9.17, 15) is 0 Å². The van der Waals surface area contributed by atoms with E-state index >= 15 is 0 Å². The highest BCUT2D eigenvalue weighted by Crippen LogP contribution is 2.40. The molecular weight excluding hydrogens is 242 g/mol. The molecule has 0 radical (unpaired) electrons. The first-order chi connectivity index (χ1) is 8.88. The van der Waals surface area contributed by atoms with Gasteiger partial charge in [-0.3, -0.25) is 0 Å². The van der Waals surface area contributed by atoms with Crippen molar-refractivity contribution < 1.29 is 4.74 Å². The van der Waals surface area contributed by atoms with Crippen LogP contribution < -0.4 is 5.73 Å². The molecule has 2 aliphatic rings. The summed E-state index contributed by atoms with van der Waals surface area (Å²) < 4.78 is 6.15. The van der Waals surface area contributed by atoms with Crippen molar-refractivity contribution >= 4 is 11.8 Å². The van der Waals surface area contributed by atoms with Crippen LogP contribution in [0.15, 0.2) is 29.2 Å². The van der Waals surface area contributed by atoms with Gasteiger partial charge in [0, 0.05) is 16.6 Å². The Morgan fingerprint density at radius 2 is 2.17 bits per heavy atom. The minimum Gasteiger partial charge on any atom is -0.377 e. The first-order valence-corrected chi connectivity index (χ1v) is 7.90. The van der Waals surface area contributed by atoms with E-state index < -0.39 is 0 Å². The Bertz CT molecular complexity index is 409. The number of thioether (sulfide) groups is 1. The molecule has 1 aliphatic heterocycles. The van der Waals surface area contributed by atoms with Crippen molar-refractivity contribution in [2.24, 2.45) is 11.7 Å². The molecule has 0 saturated heterocycles. The molecule has 0 bridgehead atoms. The fourth-order valence-corrected chi connectivity index (χ4v) is 4.33. The van der Waals surface area contributed by atoms with Crippen molar-refractivity contribution in [3.05, 3.63) is 29.8 Å². The molecule has 18 heavy (non-hydrogen) atoms. The molecule has 3 heteroatoms. The highest BCUT2D eigenvalue weighted by atomic mass is 32.2. The standard InChI is InChI=1S/C15H21NOS/c16-8-11-4-3-6-14(11)17-9-12-10-18-15-7-2-1-5-13(12)15/h1-2,5,7,11-12,14H,3-4,6,8-10,16H2. The molecule has 2 nitrogen and oxygen atoms in total. The van der Waals surface area contributed by atoms with Gasteiger partial charge in [0.25, 0.3) is 0 Å². The van der Waals surface area contributed by atoms with Gasteiger partial charge in [0.1, 0.15) is 0 Å². The Morgan fingerprint density at radius 1 is 1.28 bits per heavy atom. The van der Waals surface area contributed by atoms with E-state index in [2.05, 4.69) is 24.3 Å². The molecule has 1 aliphatic carbocycles. The summed E-state index contributed by atoms with van der Waals surface area (Å²) in [6.45, 7) is 1.64. The van der Waals surface area contributed by atoms with E-state index in [-0.39, 0.29) is 0 Å². The van der Waals surface area contributed by atoms with Crippen molar-refractivity contribution in [1.82, 2.24) is 0 Å². The predicted molar refractivity (Wildman–Crippen MR) is 76.0 cm³/mol. The minimum atomic E-state index is 0.410. The van der Waals surface area contributed by atoms with Crippen LogP contribution in [0.4, 0.5) is 0 Å². The first kappa shape index (κ1) is 12.5. The Labute approximate surface area is 113 Å². The second-order valence-corrected chi connectivity index (χ2v) is 6.41. The number of benzene rings is 1. The third kappa shape index (κ3) is 2.44. The SMILES string of the molecule is NCC1CCCC1OCC1CSc2ccccc21. The summed E-state index contributed by atoms with van der Waals surface area (Å²) in [7, 11) is 0. The van der Waals surface area contributed by atoms with Gasteiger partial charge < -0.3 is 10.5 Å². The second kappa shape index (κ2) is 5.64. The predicted octanol–water partition coefficient (Wildman–Crippen LogP) is 3.02. The van der Waals surface area contributed by atoms with Crippen LogP contribution in [0.25, 0.3) is 0 Å². The average Bonchev–Trinajstić information content (AvgIpc) is 3.02. The number of hydrogen-bond acceptors (Lipinski definition) is 3. The molecule has 0 aromatic heterocycles. The van der Waals surface area contributed by atoms with Crippen LogP contribution >= 0.6 is 11.8 Å². The molecule has 2 N–H and O–H groups in total. The number of rotatable bonds is 4. The van der Waals surface area contributed by atoms with Gasteiger partial charge in [-0.05, 0) is 36.9 Å². The van der Waals surface area contributed by atoms with Crippen molar-refractivity contribution in [2.75, 3.05) is 18.9 Å². The molecular formula is C15H21NOS. The van der Waals surface area contributed by atoms with Crippen LogP contribution in [0.2, 0.25) is 0 Å². The number of hydrogen-bond donors (Lipinski definition) is 1. The van der Waals surface area contributed by atoms with Crippen molar-refractivity contribution in [3.8, 4) is 0 Å². The summed E-state index contributed by atoms with van der Waals surface area (Å²) in [4.78, 5) is 1.44. The van der Waals surface area contributed by atoms with Crippen molar-refractivity contribution in [3.63, 3.8) is 0 Å². The van der Waals surface area contributed by atoms with Crippen LogP contribution in [0.1, 0.15) is 30.7 Å². The zero-order chi connectivity index (χ0) is 12.4. The van der Waals surface area contributed by atoms with Crippen LogP contribution in [-0.2, 0) is 4.74 Å². The highest BCUT2D eigenvalue weighted by Gasteiger charge is 2.29. The number of ether oxygens (including phenoxy) is 1. The Morgan fingerprint density at radius 3 is 3.06 bits per heavy atom. The summed E-state index contributed by atoms with van der Waals surface area (Å²) in [5.74, 6) is 2.33. The van der Waals surface area contributed by atoms with E-state index in [4.69, 9.17) is 10.5 Å². The molecule has 1 aromatic carbocycles. The molecule has 98 valence electrons. The average molecular weight is 263 g/mol. The summed E-state index contributed by atoms with van der Waals surface area (Å²) in [5.41, 5.74) is 7.28. The van der Waals surface area contributed by atoms with Gasteiger partial charge in [0.05, 0.1) is 12.7 Å². The Kier molecular flexibility index (Phi) is 3.92. The summed E-state index contributed by atoms with van der Waals surface area (Å²) in [5, 5.41) is 0. The van der Waals surface area contributed by atoms with Gasteiger partial charge in [0.15, 0.2) is 0 Å². The lowest BCUT2D eigenvalue weighted by molar-refractivity contribution is 0.0242. The van der Waals surface area contributed by atoms with E-state index in [1.165, 1.54) is 35.5 Å². The third-order valence-corrected chi connectivity index (χ3v) is 5.45. The molecule has 1 heterocycles. The van der Waals surface area contributed by atoms with Gasteiger partial charge in [-0.25, -0.2) is 0 Å². The van der Waals surface area contributed by atoms with Crippen molar-refractivity contribution in [1.29, 1.82) is 0 Å². The van der Waals surface area contributed by atoms with Crippen LogP contribution in [-0.4, -0.2) is 25.0 Å². The molecule has 1 saturated carbocycles. The summed E-state index contributed by atoms with van der Waals surface area (Å²) in [6.07, 6.45) is 4.14. The molecule has 3 rings (SSSR count). The summed E-state index contributed by atoms with van der Waals surface area (Å²) in [6, 6.07) is 8.73. The van der Waals surface area contributed by atoms with Gasteiger partial charge in [-0.2, -0.15) is 0 Å². The maximum atomic E-state index is 6.15. The molecule has 0 amide bonds. The molecule has 1 fully saturated rings. The van der Waals surface area contributed by atoms with Gasteiger partial charge in [-0.15, -0.1) is 11.8 Å². The molecule has 3 atom stereocenters. The lowest BCUT2D eigenvalue weighted by atomic mass is 10.0. The number of fused-ring (bicyclic) bond motifs is 1. The lowest BCUT2D eigenvalue weighted by Crippen LogP contribution is -2.27. The fourth-order valence-electron chi connectivity index (χ4n) is 3.10. The van der Waals surface area contributed by atoms with E-state index in [1.54, 1.807) is 0 Å².